The van der Waals surface area contributed by atoms with E-state index in [4.69, 9.17) is 0 Å². The molecule has 1 saturated heterocycles. The molecular formula is C10H19NO2S. The van der Waals surface area contributed by atoms with E-state index >= 15 is 0 Å². The van der Waals surface area contributed by atoms with Crippen molar-refractivity contribution in [1.82, 2.24) is 4.90 Å². The molecule has 0 radical (unpaired) electrons. The van der Waals surface area contributed by atoms with Crippen molar-refractivity contribution in [3.05, 3.63) is 0 Å². The van der Waals surface area contributed by atoms with E-state index in [1.807, 2.05) is 20.8 Å². The third-order valence-electron chi connectivity index (χ3n) is 2.69. The van der Waals surface area contributed by atoms with Crippen molar-refractivity contribution in [2.75, 3.05) is 13.2 Å². The number of thiol groups is 1. The molecule has 0 saturated carbocycles. The maximum atomic E-state index is 11.6. The lowest BCUT2D eigenvalue weighted by atomic mass is 9.86. The minimum Gasteiger partial charge on any atom is -0.394 e. The van der Waals surface area contributed by atoms with Gasteiger partial charge in [0.15, 0.2) is 0 Å². The predicted octanol–water partition coefficient (Wildman–Crippen LogP) is 0.924. The number of carbonyl (C=O) groups is 1. The van der Waals surface area contributed by atoms with E-state index in [1.54, 1.807) is 4.90 Å². The minimum atomic E-state index is -0.0906. The molecule has 2 atom stereocenters. The van der Waals surface area contributed by atoms with E-state index in [2.05, 4.69) is 12.6 Å². The van der Waals surface area contributed by atoms with E-state index in [0.29, 0.717) is 13.0 Å². The summed E-state index contributed by atoms with van der Waals surface area (Å²) in [5.41, 5.74) is -0.0811. The Morgan fingerprint density at radius 1 is 1.64 bits per heavy atom. The van der Waals surface area contributed by atoms with Crippen LogP contribution in [0.5, 0.6) is 0 Å². The topological polar surface area (TPSA) is 40.5 Å². The smallest absolute Gasteiger partial charge is 0.224 e. The van der Waals surface area contributed by atoms with E-state index in [0.717, 1.165) is 0 Å². The summed E-state index contributed by atoms with van der Waals surface area (Å²) >= 11 is 4.30. The minimum absolute atomic E-state index is 0.0235. The first-order chi connectivity index (χ1) is 6.36. The first-order valence-corrected chi connectivity index (χ1v) is 5.46. The van der Waals surface area contributed by atoms with Crippen LogP contribution in [0.4, 0.5) is 0 Å². The molecule has 1 fully saturated rings. The summed E-state index contributed by atoms with van der Waals surface area (Å²) in [6.07, 6.45) is 0.496. The number of nitrogens with zero attached hydrogens (tertiary/aromatic N) is 1. The second-order valence-corrected chi connectivity index (χ2v) is 5.70. The largest absolute Gasteiger partial charge is 0.394 e. The molecule has 1 amide bonds. The monoisotopic (exact) mass is 217 g/mol. The Labute approximate surface area is 90.9 Å². The van der Waals surface area contributed by atoms with Crippen LogP contribution in [0.15, 0.2) is 0 Å². The summed E-state index contributed by atoms with van der Waals surface area (Å²) < 4.78 is 0. The van der Waals surface area contributed by atoms with Crippen LogP contribution in [0, 0.1) is 5.41 Å². The molecule has 1 heterocycles. The van der Waals surface area contributed by atoms with Gasteiger partial charge in [0.2, 0.25) is 5.91 Å². The van der Waals surface area contributed by atoms with Crippen molar-refractivity contribution >= 4 is 18.5 Å². The van der Waals surface area contributed by atoms with Crippen LogP contribution in [0.25, 0.3) is 0 Å². The number of likely N-dealkylation sites (tertiary alicyclic amines) is 1. The fraction of sp³-hybridized carbons (Fsp3) is 0.900. The fourth-order valence-corrected chi connectivity index (χ4v) is 2.19. The van der Waals surface area contributed by atoms with Crippen molar-refractivity contribution < 1.29 is 9.90 Å². The maximum absolute atomic E-state index is 11.6. The van der Waals surface area contributed by atoms with E-state index in [-0.39, 0.29) is 29.2 Å². The zero-order valence-corrected chi connectivity index (χ0v) is 9.92. The summed E-state index contributed by atoms with van der Waals surface area (Å²) in [4.78, 5) is 13.4. The fourth-order valence-electron chi connectivity index (χ4n) is 1.85. The van der Waals surface area contributed by atoms with Crippen molar-refractivity contribution in [3.63, 3.8) is 0 Å². The Bertz CT molecular complexity index is 225. The highest BCUT2D eigenvalue weighted by Gasteiger charge is 2.37. The van der Waals surface area contributed by atoms with Gasteiger partial charge in [-0.2, -0.15) is 12.6 Å². The summed E-state index contributed by atoms with van der Waals surface area (Å²) in [6, 6.07) is -0.0906. The van der Waals surface area contributed by atoms with Gasteiger partial charge in [-0.25, -0.2) is 0 Å². The highest BCUT2D eigenvalue weighted by molar-refractivity contribution is 7.81. The Morgan fingerprint density at radius 2 is 2.21 bits per heavy atom. The third-order valence-corrected chi connectivity index (χ3v) is 3.03. The van der Waals surface area contributed by atoms with Gasteiger partial charge in [0.05, 0.1) is 12.6 Å². The number of aliphatic hydroxyl groups is 1. The number of rotatable bonds is 2. The van der Waals surface area contributed by atoms with Crippen molar-refractivity contribution in [2.24, 2.45) is 5.41 Å². The van der Waals surface area contributed by atoms with Gasteiger partial charge in [-0.3, -0.25) is 4.79 Å². The van der Waals surface area contributed by atoms with Gasteiger partial charge in [0.25, 0.3) is 0 Å². The molecule has 0 aromatic heterocycles. The summed E-state index contributed by atoms with van der Waals surface area (Å²) in [5.74, 6) is 0.110. The Balaban J connectivity index is 2.76. The van der Waals surface area contributed by atoms with Crippen LogP contribution in [0.3, 0.4) is 0 Å². The molecular weight excluding hydrogens is 198 g/mol. The molecule has 0 aromatic rings. The summed E-state index contributed by atoms with van der Waals surface area (Å²) in [7, 11) is 0. The van der Waals surface area contributed by atoms with Gasteiger partial charge in [0.1, 0.15) is 0 Å². The molecule has 82 valence electrons. The Kier molecular flexibility index (Phi) is 3.48. The third kappa shape index (κ3) is 2.42. The number of amides is 1. The van der Waals surface area contributed by atoms with Gasteiger partial charge in [-0.1, -0.05) is 20.8 Å². The quantitative estimate of drug-likeness (QED) is 0.675. The molecule has 1 rings (SSSR count). The number of hydrogen-bond donors (Lipinski definition) is 2. The van der Waals surface area contributed by atoms with E-state index in [9.17, 15) is 9.90 Å². The molecule has 4 heteroatoms. The van der Waals surface area contributed by atoms with Crippen LogP contribution in [0.2, 0.25) is 0 Å². The highest BCUT2D eigenvalue weighted by Crippen LogP contribution is 2.28. The SMILES string of the molecule is CC(C)(C)[C@@H](CO)N1CC(S)CC1=O. The van der Waals surface area contributed by atoms with Crippen LogP contribution < -0.4 is 0 Å². The lowest BCUT2D eigenvalue weighted by molar-refractivity contribution is -0.132. The number of aliphatic hydroxyl groups excluding tert-OH is 1. The lowest BCUT2D eigenvalue weighted by Gasteiger charge is -2.36. The van der Waals surface area contributed by atoms with Crippen LogP contribution in [0.1, 0.15) is 27.2 Å². The predicted molar refractivity (Wildman–Crippen MR) is 59.4 cm³/mol. The molecule has 1 unspecified atom stereocenters. The summed E-state index contributed by atoms with van der Waals surface area (Å²) in [5, 5.41) is 9.43. The van der Waals surface area contributed by atoms with Crippen molar-refractivity contribution in [2.45, 2.75) is 38.5 Å². The van der Waals surface area contributed by atoms with Gasteiger partial charge in [0, 0.05) is 18.2 Å². The zero-order valence-electron chi connectivity index (χ0n) is 9.03. The van der Waals surface area contributed by atoms with Gasteiger partial charge in [-0.15, -0.1) is 0 Å². The molecule has 1 aliphatic heterocycles. The summed E-state index contributed by atoms with van der Waals surface area (Å²) in [6.45, 7) is 6.78. The highest BCUT2D eigenvalue weighted by atomic mass is 32.1. The van der Waals surface area contributed by atoms with Crippen LogP contribution in [-0.2, 0) is 4.79 Å². The van der Waals surface area contributed by atoms with Gasteiger partial charge < -0.3 is 10.0 Å². The maximum Gasteiger partial charge on any atom is 0.224 e. The van der Waals surface area contributed by atoms with Gasteiger partial charge >= 0.3 is 0 Å². The normalized spacial score (nSPS) is 25.6. The molecule has 0 bridgehead atoms. The molecule has 0 spiro atoms. The lowest BCUT2D eigenvalue weighted by Crippen LogP contribution is -2.47. The first kappa shape index (κ1) is 11.9. The average Bonchev–Trinajstić information content (AvgIpc) is 2.29. The molecule has 14 heavy (non-hydrogen) atoms. The molecule has 0 aliphatic carbocycles. The van der Waals surface area contributed by atoms with Crippen molar-refractivity contribution in [1.29, 1.82) is 0 Å². The Morgan fingerprint density at radius 3 is 2.50 bits per heavy atom. The van der Waals surface area contributed by atoms with Crippen LogP contribution >= 0.6 is 12.6 Å². The Hall–Kier alpha value is -0.220. The molecule has 3 nitrogen and oxygen atoms in total. The zero-order chi connectivity index (χ0) is 10.9. The number of hydrogen-bond acceptors (Lipinski definition) is 3. The van der Waals surface area contributed by atoms with Crippen LogP contribution in [-0.4, -0.2) is 40.4 Å². The van der Waals surface area contributed by atoms with Crippen molar-refractivity contribution in [3.8, 4) is 0 Å². The first-order valence-electron chi connectivity index (χ1n) is 4.94. The number of carbonyl (C=O) groups excluding carboxylic acids is 1. The van der Waals surface area contributed by atoms with E-state index in [1.165, 1.54) is 0 Å². The molecule has 1 N–H and O–H groups in total. The molecule has 0 aromatic carbocycles. The molecule has 1 aliphatic rings. The average molecular weight is 217 g/mol. The second-order valence-electron chi connectivity index (χ2n) is 4.97. The van der Waals surface area contributed by atoms with E-state index < -0.39 is 0 Å². The standard InChI is InChI=1S/C10H19NO2S/c1-10(2,3)8(6-12)11-5-7(14)4-9(11)13/h7-8,12,14H,4-6H2,1-3H3/t7?,8-/m1/s1. The second kappa shape index (κ2) is 4.11. The van der Waals surface area contributed by atoms with Gasteiger partial charge in [-0.05, 0) is 5.41 Å².